The Morgan fingerprint density at radius 3 is 2.79 bits per heavy atom. The maximum Gasteiger partial charge on any atom is 0.250 e. The van der Waals surface area contributed by atoms with Crippen LogP contribution in [0.4, 0.5) is 5.13 Å². The van der Waals surface area contributed by atoms with Gasteiger partial charge in [-0.25, -0.2) is 4.98 Å². The maximum absolute atomic E-state index is 13.3. The molecule has 0 spiro atoms. The molecule has 8 heteroatoms. The van der Waals surface area contributed by atoms with Gasteiger partial charge in [-0.15, -0.1) is 0 Å². The SMILES string of the molecule is COc1ccc2nc(N(Cc3cccnc3)C(=O)Cn3nc(C)cc3C)sc2c1. The normalized spacial score (nSPS) is 11.0. The summed E-state index contributed by atoms with van der Waals surface area (Å²) in [5.41, 5.74) is 3.61. The number of hydrogen-bond acceptors (Lipinski definition) is 6. The summed E-state index contributed by atoms with van der Waals surface area (Å²) in [6.45, 7) is 4.41. The van der Waals surface area contributed by atoms with Gasteiger partial charge in [0.1, 0.15) is 12.3 Å². The first-order chi connectivity index (χ1) is 14.0. The third kappa shape index (κ3) is 4.12. The van der Waals surface area contributed by atoms with Crippen molar-refractivity contribution in [2.24, 2.45) is 0 Å². The van der Waals surface area contributed by atoms with Crippen LogP contribution in [-0.4, -0.2) is 32.8 Å². The van der Waals surface area contributed by atoms with Gasteiger partial charge in [-0.2, -0.15) is 5.10 Å². The smallest absolute Gasteiger partial charge is 0.250 e. The van der Waals surface area contributed by atoms with Crippen LogP contribution in [-0.2, 0) is 17.9 Å². The average molecular weight is 407 g/mol. The van der Waals surface area contributed by atoms with E-state index in [0.717, 1.165) is 32.9 Å². The van der Waals surface area contributed by atoms with Gasteiger partial charge in [-0.1, -0.05) is 17.4 Å². The third-order valence-electron chi connectivity index (χ3n) is 4.57. The minimum Gasteiger partial charge on any atom is -0.497 e. The molecular weight excluding hydrogens is 386 g/mol. The van der Waals surface area contributed by atoms with E-state index in [2.05, 4.69) is 10.1 Å². The van der Waals surface area contributed by atoms with Gasteiger partial charge in [-0.05, 0) is 49.7 Å². The number of nitrogens with zero attached hydrogens (tertiary/aromatic N) is 5. The van der Waals surface area contributed by atoms with Gasteiger partial charge in [0.25, 0.3) is 5.91 Å². The van der Waals surface area contributed by atoms with E-state index in [4.69, 9.17) is 9.72 Å². The molecule has 4 rings (SSSR count). The molecule has 0 N–H and O–H groups in total. The van der Waals surface area contributed by atoms with E-state index < -0.39 is 0 Å². The van der Waals surface area contributed by atoms with Crippen molar-refractivity contribution < 1.29 is 9.53 Å². The topological polar surface area (TPSA) is 73.1 Å². The van der Waals surface area contributed by atoms with Gasteiger partial charge >= 0.3 is 0 Å². The molecule has 3 heterocycles. The number of rotatable bonds is 6. The van der Waals surface area contributed by atoms with Crippen molar-refractivity contribution >= 4 is 32.6 Å². The predicted molar refractivity (Wildman–Crippen MR) is 113 cm³/mol. The molecule has 0 aliphatic rings. The Kier molecular flexibility index (Phi) is 5.26. The highest BCUT2D eigenvalue weighted by Crippen LogP contribution is 2.32. The summed E-state index contributed by atoms with van der Waals surface area (Å²) in [5.74, 6) is 0.687. The van der Waals surface area contributed by atoms with Crippen LogP contribution in [0.5, 0.6) is 5.75 Å². The molecule has 4 aromatic rings. The number of hydrogen-bond donors (Lipinski definition) is 0. The number of thiazole rings is 1. The van der Waals surface area contributed by atoms with Gasteiger partial charge < -0.3 is 4.74 Å². The molecule has 1 aromatic carbocycles. The van der Waals surface area contributed by atoms with Crippen LogP contribution in [0.3, 0.4) is 0 Å². The lowest BCUT2D eigenvalue weighted by atomic mass is 10.2. The Bertz CT molecular complexity index is 1150. The van der Waals surface area contributed by atoms with Gasteiger partial charge in [0, 0.05) is 18.1 Å². The van der Waals surface area contributed by atoms with E-state index in [9.17, 15) is 4.79 Å². The quantitative estimate of drug-likeness (QED) is 0.487. The van der Waals surface area contributed by atoms with Crippen molar-refractivity contribution in [3.05, 3.63) is 65.7 Å². The first-order valence-electron chi connectivity index (χ1n) is 9.18. The van der Waals surface area contributed by atoms with E-state index in [1.807, 2.05) is 50.2 Å². The monoisotopic (exact) mass is 407 g/mol. The number of fused-ring (bicyclic) bond motifs is 1. The summed E-state index contributed by atoms with van der Waals surface area (Å²) >= 11 is 1.47. The molecule has 0 unspecified atom stereocenters. The van der Waals surface area contributed by atoms with Crippen LogP contribution in [0.15, 0.2) is 48.8 Å². The van der Waals surface area contributed by atoms with Crippen LogP contribution in [0, 0.1) is 13.8 Å². The number of aryl methyl sites for hydroxylation is 2. The Balaban J connectivity index is 1.69. The lowest BCUT2D eigenvalue weighted by Crippen LogP contribution is -2.34. The first-order valence-corrected chi connectivity index (χ1v) is 10.00. The molecule has 0 fully saturated rings. The fourth-order valence-electron chi connectivity index (χ4n) is 3.12. The Morgan fingerprint density at radius 1 is 1.24 bits per heavy atom. The molecular formula is C21H21N5O2S. The van der Waals surface area contributed by atoms with E-state index in [1.54, 1.807) is 29.1 Å². The molecule has 0 aliphatic carbocycles. The molecule has 0 aliphatic heterocycles. The Morgan fingerprint density at radius 2 is 2.10 bits per heavy atom. The largest absolute Gasteiger partial charge is 0.497 e. The van der Waals surface area contributed by atoms with Gasteiger partial charge in [0.15, 0.2) is 5.13 Å². The van der Waals surface area contributed by atoms with Crippen molar-refractivity contribution in [3.8, 4) is 5.75 Å². The second-order valence-electron chi connectivity index (χ2n) is 6.76. The van der Waals surface area contributed by atoms with E-state index >= 15 is 0 Å². The lowest BCUT2D eigenvalue weighted by Gasteiger charge is -2.20. The summed E-state index contributed by atoms with van der Waals surface area (Å²) in [4.78, 5) is 23.8. The van der Waals surface area contributed by atoms with Crippen molar-refractivity contribution in [1.29, 1.82) is 0 Å². The number of aromatic nitrogens is 4. The van der Waals surface area contributed by atoms with Crippen LogP contribution in [0.25, 0.3) is 10.2 Å². The number of pyridine rings is 1. The molecule has 0 bridgehead atoms. The molecule has 7 nitrogen and oxygen atoms in total. The third-order valence-corrected chi connectivity index (χ3v) is 5.61. The van der Waals surface area contributed by atoms with Gasteiger partial charge in [0.2, 0.25) is 0 Å². The average Bonchev–Trinajstić information content (AvgIpc) is 3.28. The zero-order chi connectivity index (χ0) is 20.4. The van der Waals surface area contributed by atoms with Crippen LogP contribution >= 0.6 is 11.3 Å². The highest BCUT2D eigenvalue weighted by Gasteiger charge is 2.22. The minimum atomic E-state index is -0.0777. The number of carbonyl (C=O) groups excluding carboxylic acids is 1. The zero-order valence-electron chi connectivity index (χ0n) is 16.5. The summed E-state index contributed by atoms with van der Waals surface area (Å²) in [5, 5.41) is 5.06. The molecule has 0 saturated heterocycles. The van der Waals surface area contributed by atoms with Crippen LogP contribution in [0.1, 0.15) is 17.0 Å². The van der Waals surface area contributed by atoms with Crippen molar-refractivity contribution in [3.63, 3.8) is 0 Å². The Labute approximate surface area is 172 Å². The summed E-state index contributed by atoms with van der Waals surface area (Å²) in [6, 6.07) is 11.5. The molecule has 0 saturated carbocycles. The fourth-order valence-corrected chi connectivity index (χ4v) is 4.13. The van der Waals surface area contributed by atoms with Crippen molar-refractivity contribution in [1.82, 2.24) is 19.7 Å². The van der Waals surface area contributed by atoms with Gasteiger partial charge in [0.05, 0.1) is 29.6 Å². The molecule has 29 heavy (non-hydrogen) atoms. The minimum absolute atomic E-state index is 0.0777. The number of benzene rings is 1. The number of ether oxygens (including phenoxy) is 1. The standard InChI is InChI=1S/C21H21N5O2S/c1-14-9-15(2)26(24-14)13-20(27)25(12-16-5-4-8-22-11-16)21-23-18-7-6-17(28-3)10-19(18)29-21/h4-11H,12-13H2,1-3H3. The number of carbonyl (C=O) groups is 1. The van der Waals surface area contributed by atoms with Gasteiger partial charge in [-0.3, -0.25) is 19.4 Å². The predicted octanol–water partition coefficient (Wildman–Crippen LogP) is 3.75. The molecule has 3 aromatic heterocycles. The fraction of sp³-hybridized carbons (Fsp3) is 0.238. The number of amides is 1. The summed E-state index contributed by atoms with van der Waals surface area (Å²) < 4.78 is 8.00. The molecule has 0 radical (unpaired) electrons. The second-order valence-corrected chi connectivity index (χ2v) is 7.77. The first kappa shape index (κ1) is 19.1. The summed E-state index contributed by atoms with van der Waals surface area (Å²) in [7, 11) is 1.63. The molecule has 1 amide bonds. The van der Waals surface area contributed by atoms with Crippen LogP contribution < -0.4 is 9.64 Å². The van der Waals surface area contributed by atoms with Crippen molar-refractivity contribution in [2.75, 3.05) is 12.0 Å². The molecule has 148 valence electrons. The van der Waals surface area contributed by atoms with Crippen LogP contribution in [0.2, 0.25) is 0 Å². The Hall–Kier alpha value is -3.26. The highest BCUT2D eigenvalue weighted by atomic mass is 32.1. The number of anilines is 1. The van der Waals surface area contributed by atoms with E-state index in [1.165, 1.54) is 11.3 Å². The van der Waals surface area contributed by atoms with E-state index in [-0.39, 0.29) is 12.5 Å². The van der Waals surface area contributed by atoms with E-state index in [0.29, 0.717) is 11.7 Å². The highest BCUT2D eigenvalue weighted by molar-refractivity contribution is 7.22. The lowest BCUT2D eigenvalue weighted by molar-refractivity contribution is -0.119. The van der Waals surface area contributed by atoms with Crippen molar-refractivity contribution in [2.45, 2.75) is 26.9 Å². The number of methoxy groups -OCH3 is 1. The maximum atomic E-state index is 13.3. The zero-order valence-corrected chi connectivity index (χ0v) is 17.3. The molecule has 0 atom stereocenters. The summed E-state index contributed by atoms with van der Waals surface area (Å²) in [6.07, 6.45) is 3.48. The second kappa shape index (κ2) is 8.00.